The molecule has 0 aliphatic carbocycles. The first-order valence-electron chi connectivity index (χ1n) is 6.37. The van der Waals surface area contributed by atoms with Crippen LogP contribution in [-0.4, -0.2) is 46.5 Å². The first kappa shape index (κ1) is 17.3. The molecule has 0 spiro atoms. The molecular formula is C13H17N6OW-. The van der Waals surface area contributed by atoms with Crippen LogP contribution in [0.3, 0.4) is 0 Å². The summed E-state index contributed by atoms with van der Waals surface area (Å²) < 4.78 is 1.71. The van der Waals surface area contributed by atoms with Crippen molar-refractivity contribution >= 4 is 35.3 Å². The number of hydrogen-bond donors (Lipinski definition) is 0. The van der Waals surface area contributed by atoms with Crippen molar-refractivity contribution in [2.24, 2.45) is 9.98 Å². The van der Waals surface area contributed by atoms with Crippen molar-refractivity contribution in [2.45, 2.75) is 20.3 Å². The summed E-state index contributed by atoms with van der Waals surface area (Å²) in [6.07, 6.45) is 2.29. The SMILES string of the molecule is C=NC(=O)CN(CCC)c1cc(C)nc([N-]C=N[CH]=[W])n1. The van der Waals surface area contributed by atoms with Gasteiger partial charge < -0.3 is 0 Å². The Kier molecular flexibility index (Phi) is 7.61. The fourth-order valence-corrected chi connectivity index (χ4v) is 1.82. The van der Waals surface area contributed by atoms with E-state index < -0.39 is 0 Å². The minimum atomic E-state index is -0.289. The number of rotatable bonds is 8. The van der Waals surface area contributed by atoms with Crippen LogP contribution in [0, 0.1) is 6.92 Å². The Bertz CT molecular complexity index is 545. The van der Waals surface area contributed by atoms with E-state index in [1.807, 2.05) is 24.8 Å². The first-order valence-corrected chi connectivity index (χ1v) is 8.06. The summed E-state index contributed by atoms with van der Waals surface area (Å²) in [6, 6.07) is 1.82. The van der Waals surface area contributed by atoms with Gasteiger partial charge in [0.25, 0.3) is 0 Å². The van der Waals surface area contributed by atoms with Crippen LogP contribution in [0.15, 0.2) is 16.1 Å². The number of carbonyl (C=O) groups excluding carboxylic acids is 1. The van der Waals surface area contributed by atoms with Gasteiger partial charge in [0, 0.05) is 0 Å². The molecule has 0 aliphatic heterocycles. The fraction of sp³-hybridized carbons (Fsp3) is 0.385. The van der Waals surface area contributed by atoms with Crippen molar-refractivity contribution in [3.05, 3.63) is 17.1 Å². The number of aryl methyl sites for hydroxylation is 1. The summed E-state index contributed by atoms with van der Waals surface area (Å²) in [5.74, 6) is 0.689. The molecule has 7 nitrogen and oxygen atoms in total. The van der Waals surface area contributed by atoms with E-state index in [0.717, 1.165) is 12.1 Å². The minimum absolute atomic E-state index is 0.146. The molecule has 0 saturated carbocycles. The van der Waals surface area contributed by atoms with E-state index >= 15 is 0 Å². The molecule has 0 radical (unpaired) electrons. The molecule has 0 atom stereocenters. The molecule has 0 unspecified atom stereocenters. The Morgan fingerprint density at radius 1 is 1.57 bits per heavy atom. The summed E-state index contributed by atoms with van der Waals surface area (Å²) in [4.78, 5) is 29.2. The van der Waals surface area contributed by atoms with Crippen LogP contribution < -0.4 is 4.90 Å². The summed E-state index contributed by atoms with van der Waals surface area (Å²) >= 11 is 1.24. The third-order valence-corrected chi connectivity index (χ3v) is 2.89. The van der Waals surface area contributed by atoms with Crippen molar-refractivity contribution < 1.29 is 24.1 Å². The second-order valence-electron chi connectivity index (χ2n) is 4.14. The normalized spacial score (nSPS) is 10.4. The average molecular weight is 457 g/mol. The first-order chi connectivity index (χ1) is 10.1. The molecule has 0 aliphatic rings. The molecule has 1 heterocycles. The third-order valence-electron chi connectivity index (χ3n) is 2.45. The summed E-state index contributed by atoms with van der Waals surface area (Å²) in [6.45, 7) is 7.98. The molecule has 0 aromatic carbocycles. The zero-order chi connectivity index (χ0) is 15.7. The molecule has 1 rings (SSSR count). The third kappa shape index (κ3) is 6.04. The Morgan fingerprint density at radius 3 is 2.95 bits per heavy atom. The van der Waals surface area contributed by atoms with E-state index in [-0.39, 0.29) is 12.5 Å². The Morgan fingerprint density at radius 2 is 2.33 bits per heavy atom. The van der Waals surface area contributed by atoms with Gasteiger partial charge in [0.15, 0.2) is 0 Å². The number of anilines is 1. The van der Waals surface area contributed by atoms with Gasteiger partial charge in [-0.15, -0.1) is 0 Å². The molecule has 8 heteroatoms. The van der Waals surface area contributed by atoms with Crippen LogP contribution in [0.25, 0.3) is 5.32 Å². The zero-order valence-electron chi connectivity index (χ0n) is 12.1. The van der Waals surface area contributed by atoms with E-state index in [0.29, 0.717) is 18.3 Å². The van der Waals surface area contributed by atoms with Gasteiger partial charge in [-0.3, -0.25) is 0 Å². The number of aliphatic imine (C=N–C) groups is 2. The van der Waals surface area contributed by atoms with Crippen LogP contribution in [-0.2, 0) is 24.1 Å². The van der Waals surface area contributed by atoms with Crippen molar-refractivity contribution in [1.82, 2.24) is 9.97 Å². The molecular weight excluding hydrogens is 440 g/mol. The number of nitrogens with zero attached hydrogens (tertiary/aromatic N) is 6. The molecule has 1 aromatic heterocycles. The van der Waals surface area contributed by atoms with E-state index in [1.165, 1.54) is 25.7 Å². The zero-order valence-corrected chi connectivity index (χ0v) is 15.0. The van der Waals surface area contributed by atoms with E-state index in [2.05, 4.69) is 32.0 Å². The molecule has 0 bridgehead atoms. The molecule has 1 aromatic rings. The Hall–Kier alpha value is -1.75. The van der Waals surface area contributed by atoms with E-state index in [4.69, 9.17) is 0 Å². The van der Waals surface area contributed by atoms with Crippen molar-refractivity contribution in [3.63, 3.8) is 0 Å². The second-order valence-corrected chi connectivity index (χ2v) is 4.90. The van der Waals surface area contributed by atoms with Gasteiger partial charge in [0.1, 0.15) is 0 Å². The van der Waals surface area contributed by atoms with Crippen molar-refractivity contribution in [1.29, 1.82) is 0 Å². The number of amides is 1. The summed E-state index contributed by atoms with van der Waals surface area (Å²) in [5.41, 5.74) is 0.776. The summed E-state index contributed by atoms with van der Waals surface area (Å²) in [5, 5.41) is 4.08. The van der Waals surface area contributed by atoms with Gasteiger partial charge >= 0.3 is 135 Å². The molecule has 0 saturated heterocycles. The Labute approximate surface area is 135 Å². The van der Waals surface area contributed by atoms with Gasteiger partial charge in [0.2, 0.25) is 0 Å². The van der Waals surface area contributed by atoms with Gasteiger partial charge in [-0.25, -0.2) is 0 Å². The van der Waals surface area contributed by atoms with E-state index in [9.17, 15) is 4.79 Å². The predicted octanol–water partition coefficient (Wildman–Crippen LogP) is 1.57. The monoisotopic (exact) mass is 457 g/mol. The quantitative estimate of drug-likeness (QED) is 0.439. The molecule has 112 valence electrons. The van der Waals surface area contributed by atoms with Crippen LogP contribution in [0.4, 0.5) is 11.8 Å². The van der Waals surface area contributed by atoms with Crippen molar-refractivity contribution in [2.75, 3.05) is 18.0 Å². The maximum atomic E-state index is 11.5. The van der Waals surface area contributed by atoms with Gasteiger partial charge in [0.05, 0.1) is 0 Å². The van der Waals surface area contributed by atoms with Gasteiger partial charge in [-0.05, 0) is 0 Å². The molecule has 0 N–H and O–H groups in total. The standard InChI is InChI=1S/C13H17N6O.W/c1-5-6-19(8-12(20)15-4)11-7-10(2)17-13(18-11)16-9-14-3;/h3,7,9H,4-6,8H2,1-2H3;/q-1;. The molecule has 1 amide bonds. The van der Waals surface area contributed by atoms with Crippen LogP contribution >= 0.6 is 0 Å². The molecule has 0 fully saturated rings. The topological polar surface area (TPSA) is 84.9 Å². The molecule has 21 heavy (non-hydrogen) atoms. The maximum absolute atomic E-state index is 11.5. The van der Waals surface area contributed by atoms with Gasteiger partial charge in [-0.1, -0.05) is 0 Å². The van der Waals surface area contributed by atoms with Crippen LogP contribution in [0.1, 0.15) is 19.0 Å². The van der Waals surface area contributed by atoms with Crippen LogP contribution in [0.5, 0.6) is 0 Å². The number of hydrogen-bond acceptors (Lipinski definition) is 5. The van der Waals surface area contributed by atoms with Gasteiger partial charge in [-0.2, -0.15) is 0 Å². The second kappa shape index (κ2) is 9.23. The van der Waals surface area contributed by atoms with Crippen LogP contribution in [0.2, 0.25) is 0 Å². The summed E-state index contributed by atoms with van der Waals surface area (Å²) in [7, 11) is 0. The fourth-order valence-electron chi connectivity index (χ4n) is 1.63. The Balaban J connectivity index is 3.00. The number of carbonyl (C=O) groups is 1. The number of aromatic nitrogens is 2. The predicted molar refractivity (Wildman–Crippen MR) is 81.4 cm³/mol. The average Bonchev–Trinajstić information content (AvgIpc) is 2.46. The van der Waals surface area contributed by atoms with E-state index in [1.54, 1.807) is 4.52 Å². The van der Waals surface area contributed by atoms with Crippen molar-refractivity contribution in [3.8, 4) is 0 Å².